The van der Waals surface area contributed by atoms with Gasteiger partial charge < -0.3 is 29.5 Å². The van der Waals surface area contributed by atoms with Crippen LogP contribution in [0.2, 0.25) is 0 Å². The predicted molar refractivity (Wildman–Crippen MR) is 164 cm³/mol. The van der Waals surface area contributed by atoms with E-state index in [1.54, 1.807) is 22.1 Å². The van der Waals surface area contributed by atoms with Crippen LogP contribution in [0.3, 0.4) is 0 Å². The Labute approximate surface area is 255 Å². The highest BCUT2D eigenvalue weighted by Gasteiger charge is 2.36. The van der Waals surface area contributed by atoms with E-state index in [-0.39, 0.29) is 18.7 Å². The first-order valence-electron chi connectivity index (χ1n) is 15.0. The molecule has 0 bridgehead atoms. The van der Waals surface area contributed by atoms with Crippen LogP contribution in [0.5, 0.6) is 5.88 Å². The number of amides is 2. The molecule has 2 N–H and O–H groups in total. The van der Waals surface area contributed by atoms with Crippen molar-refractivity contribution in [3.05, 3.63) is 65.9 Å². The van der Waals surface area contributed by atoms with Gasteiger partial charge in [0.2, 0.25) is 5.88 Å². The second-order valence-electron chi connectivity index (χ2n) is 13.2. The minimum atomic E-state index is -0.861. The summed E-state index contributed by atoms with van der Waals surface area (Å²) >= 11 is 0. The monoisotopic (exact) mass is 594 g/mol. The number of nitrogens with one attached hydrogen (secondary N) is 1. The van der Waals surface area contributed by atoms with Gasteiger partial charge >= 0.3 is 12.2 Å². The molecule has 1 aromatic carbocycles. The number of fused-ring (bicyclic) bond motifs is 1. The van der Waals surface area contributed by atoms with Gasteiger partial charge in [0.25, 0.3) is 0 Å². The summed E-state index contributed by atoms with van der Waals surface area (Å²) in [6.07, 6.45) is 1.95. The predicted octanol–water partition coefficient (Wildman–Crippen LogP) is 5.14. The van der Waals surface area contributed by atoms with Crippen LogP contribution in [-0.2, 0) is 22.4 Å². The van der Waals surface area contributed by atoms with Crippen LogP contribution in [0.4, 0.5) is 9.59 Å². The van der Waals surface area contributed by atoms with Crippen LogP contribution in [0.25, 0.3) is 5.70 Å². The van der Waals surface area contributed by atoms with E-state index >= 15 is 0 Å². The molecule has 10 nitrogen and oxygen atoms in total. The van der Waals surface area contributed by atoms with Gasteiger partial charge in [-0.25, -0.2) is 14.6 Å². The van der Waals surface area contributed by atoms with Crippen molar-refractivity contribution in [2.75, 3.05) is 19.6 Å². The number of piperidine rings is 1. The summed E-state index contributed by atoms with van der Waals surface area (Å²) in [5.74, 6) is 0.501. The zero-order valence-corrected chi connectivity index (χ0v) is 26.3. The number of likely N-dealkylation sites (tertiary alicyclic amines) is 1. The maximum Gasteiger partial charge on any atom is 0.410 e. The number of carbonyl (C=O) groups is 2. The molecule has 234 valence electrons. The summed E-state index contributed by atoms with van der Waals surface area (Å²) in [4.78, 5) is 33.2. The number of aliphatic hydroxyl groups is 1. The number of ether oxygens (including phenoxy) is 3. The van der Waals surface area contributed by atoms with E-state index in [1.807, 2.05) is 71.9 Å². The average Bonchev–Trinajstić information content (AvgIpc) is 2.94. The molecule has 0 aliphatic carbocycles. The Morgan fingerprint density at radius 2 is 1.63 bits per heavy atom. The van der Waals surface area contributed by atoms with Crippen molar-refractivity contribution < 1.29 is 28.9 Å². The van der Waals surface area contributed by atoms with Crippen molar-refractivity contribution in [3.8, 4) is 5.88 Å². The van der Waals surface area contributed by atoms with E-state index in [0.717, 1.165) is 16.7 Å². The SMILES string of the molecule is C=C(NCC(O)[C@@H]1Cc2ccccc2CN1C(=O)OC(C)(C)C)c1ccc(OC2CCN(C(=O)OC(C)(C)C)CC2)nc1. The van der Waals surface area contributed by atoms with Crippen LogP contribution in [0.1, 0.15) is 71.1 Å². The van der Waals surface area contributed by atoms with Gasteiger partial charge in [-0.1, -0.05) is 30.8 Å². The Balaban J connectivity index is 1.29. The molecular weight excluding hydrogens is 548 g/mol. The largest absolute Gasteiger partial charge is 0.474 e. The van der Waals surface area contributed by atoms with Crippen molar-refractivity contribution in [2.24, 2.45) is 0 Å². The van der Waals surface area contributed by atoms with E-state index in [0.29, 0.717) is 50.5 Å². The molecule has 1 fully saturated rings. The van der Waals surface area contributed by atoms with Gasteiger partial charge in [-0.2, -0.15) is 0 Å². The Hall–Kier alpha value is -3.79. The number of aromatic nitrogens is 1. The molecule has 0 spiro atoms. The molecule has 4 rings (SSSR count). The summed E-state index contributed by atoms with van der Waals surface area (Å²) in [7, 11) is 0. The first-order valence-corrected chi connectivity index (χ1v) is 15.0. The van der Waals surface area contributed by atoms with Gasteiger partial charge in [0.15, 0.2) is 0 Å². The summed E-state index contributed by atoms with van der Waals surface area (Å²) in [6.45, 7) is 16.9. The molecule has 2 atom stereocenters. The van der Waals surface area contributed by atoms with Crippen LogP contribution >= 0.6 is 0 Å². The second kappa shape index (κ2) is 13.2. The Bertz CT molecular complexity index is 1280. The molecule has 3 heterocycles. The maximum atomic E-state index is 13.1. The summed E-state index contributed by atoms with van der Waals surface area (Å²) < 4.78 is 17.2. The molecular formula is C33H46N4O6. The molecule has 43 heavy (non-hydrogen) atoms. The standard InChI is InChI=1S/C33H46N4O6/c1-22(24-12-13-29(35-19-24)41-26-14-16-36(17-15-26)30(39)42-32(2,3)4)34-20-28(38)27-18-23-10-8-9-11-25(23)21-37(27)31(40)43-33(5,6)7/h8-13,19,26-28,34,38H,1,14-18,20-21H2,2-7H3/t27-,28?/m0/s1. The molecule has 2 aliphatic rings. The Morgan fingerprint density at radius 1 is 1.00 bits per heavy atom. The van der Waals surface area contributed by atoms with Gasteiger partial charge in [0, 0.05) is 62.5 Å². The molecule has 1 saturated heterocycles. The van der Waals surface area contributed by atoms with Gasteiger partial charge in [0.05, 0.1) is 12.1 Å². The Kier molecular flexibility index (Phi) is 9.89. The molecule has 10 heteroatoms. The van der Waals surface area contributed by atoms with Gasteiger partial charge in [-0.15, -0.1) is 0 Å². The lowest BCUT2D eigenvalue weighted by molar-refractivity contribution is -0.0109. The summed E-state index contributed by atoms with van der Waals surface area (Å²) in [5, 5.41) is 14.4. The van der Waals surface area contributed by atoms with Crippen LogP contribution in [-0.4, -0.2) is 81.2 Å². The molecule has 2 aliphatic heterocycles. The average molecular weight is 595 g/mol. The number of pyridine rings is 1. The molecule has 2 aromatic rings. The second-order valence-corrected chi connectivity index (χ2v) is 13.2. The first-order chi connectivity index (χ1) is 20.2. The molecule has 0 saturated carbocycles. The number of aliphatic hydroxyl groups excluding tert-OH is 1. The van der Waals surface area contributed by atoms with Crippen molar-refractivity contribution in [1.82, 2.24) is 20.1 Å². The maximum absolute atomic E-state index is 13.1. The fourth-order valence-corrected chi connectivity index (χ4v) is 5.16. The number of nitrogens with zero attached hydrogens (tertiary/aromatic N) is 3. The third-order valence-corrected chi connectivity index (χ3v) is 7.35. The number of hydrogen-bond donors (Lipinski definition) is 2. The lowest BCUT2D eigenvalue weighted by Gasteiger charge is -2.40. The van der Waals surface area contributed by atoms with Crippen molar-refractivity contribution in [2.45, 2.75) is 96.8 Å². The van der Waals surface area contributed by atoms with E-state index in [9.17, 15) is 14.7 Å². The fraction of sp³-hybridized carbons (Fsp3) is 0.545. The smallest absolute Gasteiger partial charge is 0.410 e. The third kappa shape index (κ3) is 9.10. The first kappa shape index (κ1) is 32.1. The lowest BCUT2D eigenvalue weighted by atomic mass is 9.91. The van der Waals surface area contributed by atoms with Gasteiger partial charge in [-0.05, 0) is 65.2 Å². The van der Waals surface area contributed by atoms with E-state index in [1.165, 1.54) is 0 Å². The Morgan fingerprint density at radius 3 is 2.23 bits per heavy atom. The lowest BCUT2D eigenvalue weighted by Crippen LogP contribution is -2.54. The molecule has 0 radical (unpaired) electrons. The van der Waals surface area contributed by atoms with E-state index in [4.69, 9.17) is 14.2 Å². The molecule has 1 aromatic heterocycles. The number of rotatable bonds is 7. The highest BCUT2D eigenvalue weighted by molar-refractivity contribution is 5.69. The van der Waals surface area contributed by atoms with Crippen molar-refractivity contribution in [3.63, 3.8) is 0 Å². The quantitative estimate of drug-likeness (QED) is 0.453. The highest BCUT2D eigenvalue weighted by atomic mass is 16.6. The zero-order chi connectivity index (χ0) is 31.4. The van der Waals surface area contributed by atoms with Crippen LogP contribution in [0, 0.1) is 0 Å². The number of hydrogen-bond acceptors (Lipinski definition) is 8. The third-order valence-electron chi connectivity index (χ3n) is 7.35. The van der Waals surface area contributed by atoms with E-state index < -0.39 is 29.4 Å². The minimum Gasteiger partial charge on any atom is -0.474 e. The highest BCUT2D eigenvalue weighted by Crippen LogP contribution is 2.27. The van der Waals surface area contributed by atoms with Crippen LogP contribution < -0.4 is 10.1 Å². The van der Waals surface area contributed by atoms with Crippen molar-refractivity contribution in [1.29, 1.82) is 0 Å². The minimum absolute atomic E-state index is 0.0398. The van der Waals surface area contributed by atoms with E-state index in [2.05, 4.69) is 16.9 Å². The van der Waals surface area contributed by atoms with Gasteiger partial charge in [0.1, 0.15) is 17.3 Å². The summed E-state index contributed by atoms with van der Waals surface area (Å²) in [5.41, 5.74) is 2.36. The van der Waals surface area contributed by atoms with Crippen LogP contribution in [0.15, 0.2) is 49.2 Å². The fourth-order valence-electron chi connectivity index (χ4n) is 5.16. The van der Waals surface area contributed by atoms with Gasteiger partial charge in [-0.3, -0.25) is 4.90 Å². The zero-order valence-electron chi connectivity index (χ0n) is 26.3. The topological polar surface area (TPSA) is 113 Å². The van der Waals surface area contributed by atoms with Crippen molar-refractivity contribution >= 4 is 17.9 Å². The molecule has 1 unspecified atom stereocenters. The number of benzene rings is 1. The molecule has 2 amide bonds. The number of carbonyl (C=O) groups excluding carboxylic acids is 2. The normalized spacial score (nSPS) is 18.3. The summed E-state index contributed by atoms with van der Waals surface area (Å²) in [6, 6.07) is 11.2.